The van der Waals surface area contributed by atoms with E-state index in [9.17, 15) is 9.67 Å². The zero-order chi connectivity index (χ0) is 56.3. The predicted molar refractivity (Wildman–Crippen MR) is 314 cm³/mol. The van der Waals surface area contributed by atoms with Crippen molar-refractivity contribution in [2.75, 3.05) is 53.9 Å². The number of rotatable bonds is 31. The number of aliphatic hydroxyl groups excluding tert-OH is 1. The first-order valence-electron chi connectivity index (χ1n) is 26.9. The molecule has 6 aromatic carbocycles. The van der Waals surface area contributed by atoms with Crippen LogP contribution in [-0.4, -0.2) is 108 Å². The molecule has 1 fully saturated rings. The van der Waals surface area contributed by atoms with Crippen LogP contribution in [0.15, 0.2) is 152 Å². The number of urea groups is 1. The molecule has 0 radical (unpaired) electrons. The maximum absolute atomic E-state index is 15.7. The van der Waals surface area contributed by atoms with Crippen molar-refractivity contribution in [3.8, 4) is 28.7 Å². The van der Waals surface area contributed by atoms with Gasteiger partial charge in [-0.1, -0.05) is 155 Å². The van der Waals surface area contributed by atoms with Gasteiger partial charge in [0, 0.05) is 49.0 Å². The fourth-order valence-corrected chi connectivity index (χ4v) is 11.4. The molecule has 6 aromatic rings. The number of carbonyl (C=O) groups is 1. The van der Waals surface area contributed by atoms with Crippen LogP contribution in [0.4, 0.5) is 4.79 Å². The van der Waals surface area contributed by atoms with Gasteiger partial charge in [0.15, 0.2) is 42.9 Å². The van der Waals surface area contributed by atoms with E-state index in [1.165, 1.54) is 0 Å². The monoisotopic (exact) mass is 1130 g/mol. The van der Waals surface area contributed by atoms with Crippen molar-refractivity contribution in [1.29, 1.82) is 0 Å². The van der Waals surface area contributed by atoms with Gasteiger partial charge in [-0.15, -0.1) is 0 Å². The lowest BCUT2D eigenvalue weighted by Crippen LogP contribution is -2.51. The van der Waals surface area contributed by atoms with Gasteiger partial charge in [-0.2, -0.15) is 0 Å². The first-order chi connectivity index (χ1) is 38.0. The summed E-state index contributed by atoms with van der Waals surface area (Å²) in [4.78, 5) is 17.4. The number of aliphatic hydroxyl groups is 1. The van der Waals surface area contributed by atoms with Crippen LogP contribution in [0.5, 0.6) is 28.7 Å². The average molecular weight is 1130 g/mol. The molecule has 1 N–H and O–H groups in total. The number of nitrogens with zero attached hydrogens (tertiary/aromatic N) is 3. The molecule has 1 aliphatic rings. The van der Waals surface area contributed by atoms with E-state index in [-0.39, 0.29) is 65.2 Å². The molecule has 0 spiro atoms. The normalized spacial score (nSPS) is 15.4. The van der Waals surface area contributed by atoms with Crippen molar-refractivity contribution in [3.05, 3.63) is 185 Å². The Bertz CT molecular complexity index is 2790. The summed E-state index contributed by atoms with van der Waals surface area (Å²) in [6, 6.07) is 48.5. The number of benzene rings is 6. The number of hydrogen-bond acceptors (Lipinski definition) is 13. The molecule has 7 rings (SSSR count). The summed E-state index contributed by atoms with van der Waals surface area (Å²) in [5.41, 5.74) is 5.05. The van der Waals surface area contributed by atoms with Crippen LogP contribution >= 0.6 is 7.60 Å². The van der Waals surface area contributed by atoms with Crippen LogP contribution < -0.4 is 23.7 Å². The third-order valence-electron chi connectivity index (χ3n) is 13.3. The van der Waals surface area contributed by atoms with Crippen LogP contribution in [0.1, 0.15) is 33.4 Å². The summed E-state index contributed by atoms with van der Waals surface area (Å²) in [5.74, 6) is 2.47. The highest BCUT2D eigenvalue weighted by atomic mass is 31.2. The first-order valence-corrected chi connectivity index (χ1v) is 36.1. The van der Waals surface area contributed by atoms with E-state index in [0.717, 1.165) is 45.5 Å². The molecule has 79 heavy (non-hydrogen) atoms. The van der Waals surface area contributed by atoms with Gasteiger partial charge in [-0.25, -0.2) is 9.80 Å². The number of methoxy groups -OCH3 is 2. The van der Waals surface area contributed by atoms with Crippen molar-refractivity contribution >= 4 is 29.8 Å². The molecule has 1 heterocycles. The topological polar surface area (TPSA) is 147 Å². The van der Waals surface area contributed by atoms with Crippen molar-refractivity contribution in [2.45, 2.75) is 103 Å². The third kappa shape index (κ3) is 19.7. The Morgan fingerprint density at radius 2 is 1.01 bits per heavy atom. The lowest BCUT2D eigenvalue weighted by Gasteiger charge is -2.36. The summed E-state index contributed by atoms with van der Waals surface area (Å²) < 4.78 is 67.8. The van der Waals surface area contributed by atoms with E-state index in [2.05, 4.69) is 39.3 Å². The molecular weight excluding hydrogens is 1050 g/mol. The third-order valence-corrected chi connectivity index (χ3v) is 18.2. The highest BCUT2D eigenvalue weighted by Crippen LogP contribution is 2.50. The molecule has 0 unspecified atom stereocenters. The lowest BCUT2D eigenvalue weighted by molar-refractivity contribution is -0.0213. The molecule has 424 valence electrons. The number of β-amino-alcohol motifs (C(OH)–C–C–N with tert-alkyl or cyclic N) is 1. The molecule has 0 aromatic heterocycles. The Hall–Kier alpha value is -5.99. The Morgan fingerprint density at radius 3 is 1.49 bits per heavy atom. The highest BCUT2D eigenvalue weighted by molar-refractivity contribution is 7.53. The Kier molecular flexibility index (Phi) is 22.6. The first kappa shape index (κ1) is 60.6. The summed E-state index contributed by atoms with van der Waals surface area (Å²) in [7, 11) is -3.16. The van der Waals surface area contributed by atoms with Crippen molar-refractivity contribution in [2.24, 2.45) is 0 Å². The van der Waals surface area contributed by atoms with Crippen LogP contribution in [0.25, 0.3) is 0 Å². The second kappa shape index (κ2) is 29.5. The Labute approximate surface area is 469 Å². The summed E-state index contributed by atoms with van der Waals surface area (Å²) >= 11 is 0. The maximum Gasteiger partial charge on any atom is 0.368 e. The summed E-state index contributed by atoms with van der Waals surface area (Å²) in [6.45, 7) is 16.1. The maximum atomic E-state index is 15.7. The van der Waals surface area contributed by atoms with Gasteiger partial charge in [0.2, 0.25) is 0 Å². The Morgan fingerprint density at radius 1 is 0.544 bits per heavy atom. The molecule has 1 saturated heterocycles. The Balaban J connectivity index is 1.15. The molecule has 0 aliphatic carbocycles. The molecule has 18 heteroatoms. The van der Waals surface area contributed by atoms with Gasteiger partial charge in [0.1, 0.15) is 5.75 Å². The van der Waals surface area contributed by atoms with E-state index in [1.807, 2.05) is 145 Å². The zero-order valence-electron chi connectivity index (χ0n) is 47.2. The van der Waals surface area contributed by atoms with Gasteiger partial charge >= 0.3 is 13.6 Å². The second-order valence-corrected chi connectivity index (χ2v) is 35.4. The van der Waals surface area contributed by atoms with Gasteiger partial charge in [-0.05, 0) is 88.3 Å². The molecule has 2 amide bonds. The number of amides is 2. The van der Waals surface area contributed by atoms with Crippen molar-refractivity contribution in [1.82, 2.24) is 14.9 Å². The van der Waals surface area contributed by atoms with Crippen LogP contribution in [0, 0.1) is 0 Å². The van der Waals surface area contributed by atoms with E-state index in [0.29, 0.717) is 48.5 Å². The van der Waals surface area contributed by atoms with Crippen LogP contribution in [-0.2, 0) is 62.4 Å². The smallest absolute Gasteiger partial charge is 0.368 e. The molecule has 0 saturated carbocycles. The fraction of sp³-hybridized carbons (Fsp3) is 0.393. The van der Waals surface area contributed by atoms with Crippen LogP contribution in [0.2, 0.25) is 51.4 Å². The highest BCUT2D eigenvalue weighted by Gasteiger charge is 2.41. The minimum Gasteiger partial charge on any atom is -0.493 e. The average Bonchev–Trinajstić information content (AvgIpc) is 3.55. The standard InChI is InChI=1S/C61H80N3O12PSi2/c1-68-59-37-52(26-30-57(59)72-45-70-32-34-78(3,4)5)40-63-55(36-48-24-28-54(29-25-48)74-47-77(67,75-43-50-20-14-10-15-21-50)76-44-51-22-16-11-17-23-51)56(65)42-62(39-49-18-12-9-13-19-49)64(61(63)66)41-53-27-31-58(60(38-53)69-2)73-46-71-33-35-79(6,7)8/h9-31,37-38,55-56,65H,32-36,39-47H2,1-8H3/t55-,56-/m1/s1. The predicted octanol–water partition coefficient (Wildman–Crippen LogP) is 12.9. The second-order valence-electron chi connectivity index (χ2n) is 22.1. The summed E-state index contributed by atoms with van der Waals surface area (Å²) in [6.07, 6.45) is -1.06. The van der Waals surface area contributed by atoms with E-state index in [4.69, 9.17) is 42.2 Å². The number of hydrazine groups is 1. The largest absolute Gasteiger partial charge is 0.493 e. The fourth-order valence-electron chi connectivity index (χ4n) is 8.63. The summed E-state index contributed by atoms with van der Waals surface area (Å²) in [5, 5.41) is 16.2. The molecule has 2 atom stereocenters. The van der Waals surface area contributed by atoms with Gasteiger partial charge in [0.25, 0.3) is 0 Å². The molecule has 1 aliphatic heterocycles. The van der Waals surface area contributed by atoms with E-state index < -0.39 is 35.9 Å². The zero-order valence-corrected chi connectivity index (χ0v) is 50.1. The van der Waals surface area contributed by atoms with Gasteiger partial charge < -0.3 is 52.2 Å². The van der Waals surface area contributed by atoms with E-state index in [1.54, 1.807) is 36.3 Å². The molecule has 0 bridgehead atoms. The SMILES string of the molecule is COc1cc(CN2C(=O)N(Cc3ccc(OCOCC[Si](C)(C)C)c(OC)c3)N(Cc3ccccc3)C[C@@H](O)[C@H]2Cc2ccc(OCP(=O)(OCc3ccccc3)OCc3ccccc3)cc2)ccc1OCOCC[Si](C)(C)C. The van der Waals surface area contributed by atoms with Crippen molar-refractivity contribution < 1.29 is 56.7 Å². The minimum absolute atomic E-state index is 0.0723. The van der Waals surface area contributed by atoms with Gasteiger partial charge in [-0.3, -0.25) is 9.57 Å². The lowest BCUT2D eigenvalue weighted by atomic mass is 9.98. The van der Waals surface area contributed by atoms with Crippen molar-refractivity contribution in [3.63, 3.8) is 0 Å². The van der Waals surface area contributed by atoms with Crippen LogP contribution in [0.3, 0.4) is 0 Å². The van der Waals surface area contributed by atoms with E-state index >= 15 is 4.79 Å². The molecule has 15 nitrogen and oxygen atoms in total. The number of carbonyl (C=O) groups excluding carboxylic acids is 1. The quantitative estimate of drug-likeness (QED) is 0.0191. The molecular formula is C61H80N3O12PSi2. The van der Waals surface area contributed by atoms with Gasteiger partial charge in [0.05, 0.1) is 46.1 Å². The minimum atomic E-state index is -3.77. The number of hydrogen-bond donors (Lipinski definition) is 1. The number of ether oxygens (including phenoxy) is 7.